The Morgan fingerprint density at radius 2 is 1.78 bits per heavy atom. The van der Waals surface area contributed by atoms with Crippen molar-refractivity contribution < 1.29 is 9.53 Å². The molecule has 122 valence electrons. The summed E-state index contributed by atoms with van der Waals surface area (Å²) in [4.78, 5) is 12.4. The topological polar surface area (TPSA) is 38.3 Å². The molecule has 0 aromatic heterocycles. The Hall–Kier alpha value is -1.52. The minimum absolute atomic E-state index is 0.209. The van der Waals surface area contributed by atoms with Crippen molar-refractivity contribution in [2.24, 2.45) is 0 Å². The summed E-state index contributed by atoms with van der Waals surface area (Å²) < 4.78 is 6.53. The van der Waals surface area contributed by atoms with Crippen molar-refractivity contribution in [2.75, 3.05) is 5.32 Å². The highest BCUT2D eigenvalue weighted by atomic mass is 79.9. The first-order valence-electron chi connectivity index (χ1n) is 7.28. The molecule has 0 saturated carbocycles. The zero-order valence-corrected chi connectivity index (χ0v) is 15.9. The highest BCUT2D eigenvalue weighted by Gasteiger charge is 2.18. The van der Waals surface area contributed by atoms with E-state index < -0.39 is 6.10 Å². The lowest BCUT2D eigenvalue weighted by Gasteiger charge is -2.18. The summed E-state index contributed by atoms with van der Waals surface area (Å²) in [5, 5.41) is 3.40. The van der Waals surface area contributed by atoms with E-state index in [0.29, 0.717) is 10.8 Å². The van der Waals surface area contributed by atoms with E-state index in [0.717, 1.165) is 21.3 Å². The van der Waals surface area contributed by atoms with Gasteiger partial charge in [0.2, 0.25) is 0 Å². The number of hydrogen-bond donors (Lipinski definition) is 1. The first kappa shape index (κ1) is 17.8. The molecule has 0 saturated heterocycles. The molecule has 2 rings (SSSR count). The van der Waals surface area contributed by atoms with Crippen molar-refractivity contribution in [3.8, 4) is 5.75 Å². The van der Waals surface area contributed by atoms with Crippen molar-refractivity contribution in [1.82, 2.24) is 0 Å². The fourth-order valence-corrected chi connectivity index (χ4v) is 3.13. The van der Waals surface area contributed by atoms with Gasteiger partial charge in [-0.3, -0.25) is 4.79 Å². The van der Waals surface area contributed by atoms with Gasteiger partial charge in [0.1, 0.15) is 5.75 Å². The van der Waals surface area contributed by atoms with E-state index in [-0.39, 0.29) is 5.91 Å². The van der Waals surface area contributed by atoms with Crippen LogP contribution in [0.4, 0.5) is 5.69 Å². The molecule has 0 unspecified atom stereocenters. The van der Waals surface area contributed by atoms with Crippen molar-refractivity contribution in [3.63, 3.8) is 0 Å². The van der Waals surface area contributed by atoms with Gasteiger partial charge in [0.05, 0.1) is 5.02 Å². The third kappa shape index (κ3) is 4.49. The Kier molecular flexibility index (Phi) is 5.71. The predicted molar refractivity (Wildman–Crippen MR) is 98.5 cm³/mol. The highest BCUT2D eigenvalue weighted by Crippen LogP contribution is 2.29. The monoisotopic (exact) mass is 395 g/mol. The van der Waals surface area contributed by atoms with Crippen molar-refractivity contribution in [2.45, 2.75) is 33.8 Å². The molecule has 0 bridgehead atoms. The molecule has 2 aromatic carbocycles. The number of halogens is 2. The van der Waals surface area contributed by atoms with Gasteiger partial charge in [-0.2, -0.15) is 0 Å². The van der Waals surface area contributed by atoms with E-state index in [9.17, 15) is 4.79 Å². The highest BCUT2D eigenvalue weighted by molar-refractivity contribution is 9.10. The maximum atomic E-state index is 12.4. The fourth-order valence-electron chi connectivity index (χ4n) is 2.42. The summed E-state index contributed by atoms with van der Waals surface area (Å²) in [7, 11) is 0. The van der Waals surface area contributed by atoms with E-state index in [1.54, 1.807) is 19.1 Å². The minimum Gasteiger partial charge on any atom is -0.479 e. The van der Waals surface area contributed by atoms with E-state index in [4.69, 9.17) is 16.3 Å². The molecule has 0 fully saturated rings. The van der Waals surface area contributed by atoms with E-state index in [1.807, 2.05) is 39.0 Å². The van der Waals surface area contributed by atoms with Crippen LogP contribution in [0.2, 0.25) is 5.02 Å². The van der Waals surface area contributed by atoms with E-state index >= 15 is 0 Å². The van der Waals surface area contributed by atoms with Crippen LogP contribution in [0.5, 0.6) is 5.75 Å². The van der Waals surface area contributed by atoms with Gasteiger partial charge < -0.3 is 10.1 Å². The Morgan fingerprint density at radius 1 is 1.17 bits per heavy atom. The standard InChI is InChI=1S/C18H19BrClNO2/c1-10-7-11(2)17(12(3)8-10)21-18(22)13(4)23-16-6-5-14(19)9-15(16)20/h5-9,13H,1-4H3,(H,21,22)/t13-/m1/s1. The molecule has 1 atom stereocenters. The largest absolute Gasteiger partial charge is 0.479 e. The summed E-state index contributed by atoms with van der Waals surface area (Å²) in [6.45, 7) is 7.69. The summed E-state index contributed by atoms with van der Waals surface area (Å²) in [5.41, 5.74) is 4.07. The van der Waals surface area contributed by atoms with Crippen LogP contribution in [0.3, 0.4) is 0 Å². The fraction of sp³-hybridized carbons (Fsp3) is 0.278. The molecule has 0 aliphatic heterocycles. The molecule has 0 aliphatic carbocycles. The molecule has 0 aliphatic rings. The zero-order valence-electron chi connectivity index (χ0n) is 13.5. The summed E-state index contributed by atoms with van der Waals surface area (Å²) >= 11 is 9.46. The molecular weight excluding hydrogens is 378 g/mol. The number of hydrogen-bond acceptors (Lipinski definition) is 2. The SMILES string of the molecule is Cc1cc(C)c(NC(=O)[C@@H](C)Oc2ccc(Br)cc2Cl)c(C)c1. The quantitative estimate of drug-likeness (QED) is 0.748. The first-order valence-corrected chi connectivity index (χ1v) is 8.45. The Bertz CT molecular complexity index is 723. The number of benzene rings is 2. The van der Waals surface area contributed by atoms with Gasteiger partial charge in [-0.1, -0.05) is 45.2 Å². The number of ether oxygens (including phenoxy) is 1. The van der Waals surface area contributed by atoms with Gasteiger partial charge in [-0.05, 0) is 57.0 Å². The van der Waals surface area contributed by atoms with Crippen LogP contribution >= 0.6 is 27.5 Å². The zero-order chi connectivity index (χ0) is 17.1. The summed E-state index contributed by atoms with van der Waals surface area (Å²) in [5.74, 6) is 0.272. The summed E-state index contributed by atoms with van der Waals surface area (Å²) in [6, 6.07) is 9.37. The minimum atomic E-state index is -0.659. The molecule has 0 spiro atoms. The Balaban J connectivity index is 2.11. The van der Waals surface area contributed by atoms with Crippen LogP contribution in [0, 0.1) is 20.8 Å². The van der Waals surface area contributed by atoms with Gasteiger partial charge in [0, 0.05) is 10.2 Å². The normalized spacial score (nSPS) is 11.9. The van der Waals surface area contributed by atoms with Crippen LogP contribution in [-0.2, 0) is 4.79 Å². The lowest BCUT2D eigenvalue weighted by molar-refractivity contribution is -0.122. The first-order chi connectivity index (χ1) is 10.8. The average Bonchev–Trinajstić information content (AvgIpc) is 2.45. The summed E-state index contributed by atoms with van der Waals surface area (Å²) in [6.07, 6.45) is -0.659. The number of rotatable bonds is 4. The van der Waals surface area contributed by atoms with Crippen LogP contribution in [0.15, 0.2) is 34.8 Å². The number of nitrogens with one attached hydrogen (secondary N) is 1. The molecule has 1 N–H and O–H groups in total. The van der Waals surface area contributed by atoms with Gasteiger partial charge in [-0.25, -0.2) is 0 Å². The number of carbonyl (C=O) groups excluding carboxylic acids is 1. The molecule has 3 nitrogen and oxygen atoms in total. The molecule has 0 heterocycles. The molecular formula is C18H19BrClNO2. The van der Waals surface area contributed by atoms with Gasteiger partial charge in [0.15, 0.2) is 6.10 Å². The third-order valence-corrected chi connectivity index (χ3v) is 4.28. The number of aryl methyl sites for hydroxylation is 3. The third-order valence-electron chi connectivity index (χ3n) is 3.49. The predicted octanol–water partition coefficient (Wildman–Crippen LogP) is 5.43. The van der Waals surface area contributed by atoms with Crippen LogP contribution < -0.4 is 10.1 Å². The maximum Gasteiger partial charge on any atom is 0.265 e. The van der Waals surface area contributed by atoms with Crippen LogP contribution in [-0.4, -0.2) is 12.0 Å². The van der Waals surface area contributed by atoms with Crippen molar-refractivity contribution in [1.29, 1.82) is 0 Å². The Labute approximate surface area is 150 Å². The smallest absolute Gasteiger partial charge is 0.265 e. The van der Waals surface area contributed by atoms with Crippen molar-refractivity contribution >= 4 is 39.1 Å². The second-order valence-electron chi connectivity index (χ2n) is 5.60. The van der Waals surface area contributed by atoms with E-state index in [2.05, 4.69) is 21.2 Å². The van der Waals surface area contributed by atoms with E-state index in [1.165, 1.54) is 5.56 Å². The molecule has 0 radical (unpaired) electrons. The van der Waals surface area contributed by atoms with Crippen LogP contribution in [0.1, 0.15) is 23.6 Å². The number of carbonyl (C=O) groups is 1. The molecule has 1 amide bonds. The van der Waals surface area contributed by atoms with Crippen LogP contribution in [0.25, 0.3) is 0 Å². The van der Waals surface area contributed by atoms with Gasteiger partial charge in [-0.15, -0.1) is 0 Å². The van der Waals surface area contributed by atoms with Gasteiger partial charge >= 0.3 is 0 Å². The number of anilines is 1. The molecule has 2 aromatic rings. The van der Waals surface area contributed by atoms with Gasteiger partial charge in [0.25, 0.3) is 5.91 Å². The lowest BCUT2D eigenvalue weighted by Crippen LogP contribution is -2.30. The Morgan fingerprint density at radius 3 is 2.35 bits per heavy atom. The second kappa shape index (κ2) is 7.37. The molecule has 23 heavy (non-hydrogen) atoms. The van der Waals surface area contributed by atoms with Crippen molar-refractivity contribution in [3.05, 3.63) is 56.5 Å². The average molecular weight is 397 g/mol. The second-order valence-corrected chi connectivity index (χ2v) is 6.92. The lowest BCUT2D eigenvalue weighted by atomic mass is 10.0. The number of amides is 1. The molecule has 5 heteroatoms. The maximum absolute atomic E-state index is 12.4.